The van der Waals surface area contributed by atoms with Gasteiger partial charge in [-0.25, -0.2) is 0 Å². The van der Waals surface area contributed by atoms with Gasteiger partial charge in [-0.05, 0) is 6.07 Å². The Morgan fingerprint density at radius 2 is 2.33 bits per heavy atom. The molecule has 0 aliphatic rings. The van der Waals surface area contributed by atoms with Gasteiger partial charge >= 0.3 is 6.01 Å². The molecular formula is C9H9ClN4O. The van der Waals surface area contributed by atoms with E-state index in [1.165, 1.54) is 0 Å². The molecule has 0 saturated carbocycles. The molecule has 2 heterocycles. The zero-order chi connectivity index (χ0) is 10.7. The summed E-state index contributed by atoms with van der Waals surface area (Å²) in [4.78, 5) is 7.99. The van der Waals surface area contributed by atoms with Gasteiger partial charge in [0.2, 0.25) is 0 Å². The maximum Gasteiger partial charge on any atom is 0.340 e. The number of aromatic nitrogens is 4. The van der Waals surface area contributed by atoms with Crippen LogP contribution in [0.4, 0.5) is 0 Å². The fourth-order valence-electron chi connectivity index (χ4n) is 1.06. The van der Waals surface area contributed by atoms with Crippen molar-refractivity contribution in [2.45, 2.75) is 5.88 Å². The Morgan fingerprint density at radius 1 is 1.47 bits per heavy atom. The van der Waals surface area contributed by atoms with E-state index < -0.39 is 0 Å². The van der Waals surface area contributed by atoms with Crippen LogP contribution in [-0.2, 0) is 12.9 Å². The highest BCUT2D eigenvalue weighted by Crippen LogP contribution is 2.17. The van der Waals surface area contributed by atoms with Crippen LogP contribution in [0.15, 0.2) is 24.7 Å². The molecule has 0 amide bonds. The summed E-state index contributed by atoms with van der Waals surface area (Å²) in [5, 5.41) is 3.99. The molecule has 0 spiro atoms. The second kappa shape index (κ2) is 4.27. The lowest BCUT2D eigenvalue weighted by atomic mass is 10.3. The molecule has 15 heavy (non-hydrogen) atoms. The third-order valence-corrected chi connectivity index (χ3v) is 1.99. The summed E-state index contributed by atoms with van der Waals surface area (Å²) < 4.78 is 6.97. The predicted octanol–water partition coefficient (Wildman–Crippen LogP) is 1.74. The molecule has 0 aromatic carbocycles. The molecule has 0 radical (unpaired) electrons. The van der Waals surface area contributed by atoms with Crippen LogP contribution in [0.1, 0.15) is 5.69 Å². The van der Waals surface area contributed by atoms with Gasteiger partial charge in [0.15, 0.2) is 0 Å². The molecule has 0 atom stereocenters. The predicted molar refractivity (Wildman–Crippen MR) is 54.9 cm³/mol. The molecule has 0 aliphatic heterocycles. The van der Waals surface area contributed by atoms with E-state index in [1.807, 2.05) is 0 Å². The van der Waals surface area contributed by atoms with Gasteiger partial charge in [-0.15, -0.1) is 16.7 Å². The van der Waals surface area contributed by atoms with Crippen molar-refractivity contribution in [3.05, 3.63) is 30.4 Å². The van der Waals surface area contributed by atoms with Gasteiger partial charge in [0, 0.05) is 19.3 Å². The number of aryl methyl sites for hydroxylation is 1. The van der Waals surface area contributed by atoms with E-state index in [0.717, 1.165) is 5.69 Å². The third-order valence-electron chi connectivity index (χ3n) is 1.71. The first kappa shape index (κ1) is 9.92. The van der Waals surface area contributed by atoms with Gasteiger partial charge in [0.1, 0.15) is 12.1 Å². The Bertz CT molecular complexity index is 457. The number of ether oxygens (including phenoxy) is 1. The van der Waals surface area contributed by atoms with Crippen LogP contribution >= 0.6 is 11.6 Å². The molecule has 78 valence electrons. The molecule has 0 saturated heterocycles. The minimum absolute atomic E-state index is 0.309. The number of alkyl halides is 1. The summed E-state index contributed by atoms with van der Waals surface area (Å²) in [6, 6.07) is 3.79. The Hall–Kier alpha value is -1.62. The van der Waals surface area contributed by atoms with E-state index in [4.69, 9.17) is 16.3 Å². The minimum atomic E-state index is 0.309. The molecular weight excluding hydrogens is 216 g/mol. The molecule has 2 aromatic heterocycles. The van der Waals surface area contributed by atoms with Crippen molar-refractivity contribution in [1.82, 2.24) is 19.7 Å². The smallest absolute Gasteiger partial charge is 0.340 e. The van der Waals surface area contributed by atoms with Gasteiger partial charge in [-0.1, -0.05) is 0 Å². The van der Waals surface area contributed by atoms with Gasteiger partial charge in [0.25, 0.3) is 0 Å². The van der Waals surface area contributed by atoms with Crippen LogP contribution in [0.25, 0.3) is 0 Å². The summed E-state index contributed by atoms with van der Waals surface area (Å²) >= 11 is 5.65. The van der Waals surface area contributed by atoms with Crippen molar-refractivity contribution in [1.29, 1.82) is 0 Å². The van der Waals surface area contributed by atoms with E-state index in [0.29, 0.717) is 17.6 Å². The third kappa shape index (κ3) is 2.44. The Balaban J connectivity index is 2.16. The molecule has 0 unspecified atom stereocenters. The van der Waals surface area contributed by atoms with Crippen LogP contribution in [0.2, 0.25) is 0 Å². The summed E-state index contributed by atoms with van der Waals surface area (Å²) in [7, 11) is 1.77. The van der Waals surface area contributed by atoms with Crippen molar-refractivity contribution in [2.24, 2.45) is 7.05 Å². The summed E-state index contributed by atoms with van der Waals surface area (Å²) in [5.41, 5.74) is 0.755. The second-order valence-corrected chi connectivity index (χ2v) is 3.19. The Labute approximate surface area is 91.7 Å². The number of pyridine rings is 1. The quantitative estimate of drug-likeness (QED) is 0.746. The largest absolute Gasteiger partial charge is 0.423 e. The molecule has 0 fully saturated rings. The molecule has 0 bridgehead atoms. The van der Waals surface area contributed by atoms with E-state index in [1.54, 1.807) is 36.4 Å². The van der Waals surface area contributed by atoms with Crippen molar-refractivity contribution < 1.29 is 4.74 Å². The van der Waals surface area contributed by atoms with E-state index in [2.05, 4.69) is 15.1 Å². The van der Waals surface area contributed by atoms with E-state index in [-0.39, 0.29) is 0 Å². The lowest BCUT2D eigenvalue weighted by Gasteiger charge is -2.01. The number of halogens is 1. The van der Waals surface area contributed by atoms with Gasteiger partial charge < -0.3 is 4.74 Å². The van der Waals surface area contributed by atoms with Crippen LogP contribution in [0.5, 0.6) is 11.8 Å². The van der Waals surface area contributed by atoms with Crippen molar-refractivity contribution >= 4 is 11.6 Å². The van der Waals surface area contributed by atoms with Crippen molar-refractivity contribution in [2.75, 3.05) is 0 Å². The van der Waals surface area contributed by atoms with Crippen LogP contribution in [0.3, 0.4) is 0 Å². The first-order chi connectivity index (χ1) is 7.28. The van der Waals surface area contributed by atoms with Crippen LogP contribution in [0, 0.1) is 0 Å². The molecule has 2 rings (SSSR count). The summed E-state index contributed by atoms with van der Waals surface area (Å²) in [6.07, 6.45) is 3.20. The Morgan fingerprint density at radius 3 is 3.00 bits per heavy atom. The fourth-order valence-corrected chi connectivity index (χ4v) is 1.21. The topological polar surface area (TPSA) is 52.8 Å². The monoisotopic (exact) mass is 224 g/mol. The molecule has 2 aromatic rings. The summed E-state index contributed by atoms with van der Waals surface area (Å²) in [6.45, 7) is 0. The molecule has 6 heteroatoms. The number of hydrogen-bond acceptors (Lipinski definition) is 4. The first-order valence-electron chi connectivity index (χ1n) is 4.32. The average Bonchev–Trinajstić information content (AvgIpc) is 2.64. The highest BCUT2D eigenvalue weighted by molar-refractivity contribution is 6.16. The maximum absolute atomic E-state index is 5.65. The lowest BCUT2D eigenvalue weighted by Crippen LogP contribution is -1.91. The van der Waals surface area contributed by atoms with E-state index >= 15 is 0 Å². The van der Waals surface area contributed by atoms with Crippen molar-refractivity contribution in [3.63, 3.8) is 0 Å². The highest BCUT2D eigenvalue weighted by Gasteiger charge is 2.02. The zero-order valence-electron chi connectivity index (χ0n) is 8.09. The van der Waals surface area contributed by atoms with Crippen molar-refractivity contribution in [3.8, 4) is 11.8 Å². The number of rotatable bonds is 3. The summed E-state index contributed by atoms with van der Waals surface area (Å²) in [5.74, 6) is 0.985. The number of nitrogens with zero attached hydrogens (tertiary/aromatic N) is 4. The molecule has 5 nitrogen and oxygen atoms in total. The Kier molecular flexibility index (Phi) is 2.82. The SMILES string of the molecule is Cn1cnc(Oc2ccnc(CCl)c2)n1. The van der Waals surface area contributed by atoms with Crippen LogP contribution in [-0.4, -0.2) is 19.7 Å². The molecule has 0 N–H and O–H groups in total. The highest BCUT2D eigenvalue weighted by atomic mass is 35.5. The second-order valence-electron chi connectivity index (χ2n) is 2.92. The number of hydrogen-bond donors (Lipinski definition) is 0. The standard InChI is InChI=1S/C9H9ClN4O/c1-14-6-12-9(13-14)15-8-2-3-11-7(4-8)5-10/h2-4,6H,5H2,1H3. The minimum Gasteiger partial charge on any atom is -0.423 e. The fraction of sp³-hybridized carbons (Fsp3) is 0.222. The average molecular weight is 225 g/mol. The zero-order valence-corrected chi connectivity index (χ0v) is 8.85. The normalized spacial score (nSPS) is 10.3. The van der Waals surface area contributed by atoms with Gasteiger partial charge in [-0.3, -0.25) is 9.67 Å². The van der Waals surface area contributed by atoms with Gasteiger partial charge in [0.05, 0.1) is 11.6 Å². The molecule has 0 aliphatic carbocycles. The van der Waals surface area contributed by atoms with Gasteiger partial charge in [-0.2, -0.15) is 4.98 Å². The first-order valence-corrected chi connectivity index (χ1v) is 4.86. The van der Waals surface area contributed by atoms with Crippen LogP contribution < -0.4 is 4.74 Å². The maximum atomic E-state index is 5.65. The van der Waals surface area contributed by atoms with E-state index in [9.17, 15) is 0 Å². The lowest BCUT2D eigenvalue weighted by molar-refractivity contribution is 0.438.